The summed E-state index contributed by atoms with van der Waals surface area (Å²) < 4.78 is 0. The summed E-state index contributed by atoms with van der Waals surface area (Å²) in [5.41, 5.74) is 0. The van der Waals surface area contributed by atoms with Crippen molar-refractivity contribution in [3.05, 3.63) is 0 Å². The highest BCUT2D eigenvalue weighted by molar-refractivity contribution is 4.96. The lowest BCUT2D eigenvalue weighted by Crippen LogP contribution is -2.47. The Hall–Kier alpha value is -0.240. The fourth-order valence-electron chi connectivity index (χ4n) is 2.54. The van der Waals surface area contributed by atoms with Crippen LogP contribution in [0.3, 0.4) is 0 Å². The normalized spacial score (nSPS) is 47.6. The first-order valence-corrected chi connectivity index (χ1v) is 4.70. The smallest absolute Gasteiger partial charge is 0.167 e. The molecule has 0 unspecified atom stereocenters. The van der Waals surface area contributed by atoms with Gasteiger partial charge in [-0.25, -0.2) is 19.6 Å². The number of fused-ring (bicyclic) bond motifs is 1. The predicted molar refractivity (Wildman–Crippen MR) is 50.6 cm³/mol. The average molecular weight is 202 g/mol. The molecule has 6 nitrogen and oxygen atoms in total. The molecule has 0 aromatic heterocycles. The quantitative estimate of drug-likeness (QED) is 0.471. The van der Waals surface area contributed by atoms with Crippen LogP contribution in [0, 0.1) is 0 Å². The summed E-state index contributed by atoms with van der Waals surface area (Å²) in [5.74, 6) is 0. The highest BCUT2D eigenvalue weighted by atomic mass is 16.3. The molecule has 0 amide bonds. The van der Waals surface area contributed by atoms with E-state index in [9.17, 15) is 10.2 Å². The summed E-state index contributed by atoms with van der Waals surface area (Å²) in [7, 11) is 7.42. The van der Waals surface area contributed by atoms with Crippen LogP contribution in [-0.4, -0.2) is 83.0 Å². The van der Waals surface area contributed by atoms with E-state index in [0.717, 1.165) is 0 Å². The van der Waals surface area contributed by atoms with Gasteiger partial charge in [-0.05, 0) is 28.2 Å². The van der Waals surface area contributed by atoms with Gasteiger partial charge in [-0.1, -0.05) is 0 Å². The topological polar surface area (TPSA) is 53.4 Å². The molecular weight excluding hydrogens is 184 g/mol. The van der Waals surface area contributed by atoms with Crippen molar-refractivity contribution in [2.75, 3.05) is 28.2 Å². The van der Waals surface area contributed by atoms with Crippen molar-refractivity contribution in [2.24, 2.45) is 0 Å². The fraction of sp³-hybridized carbons (Fsp3) is 1.00. The molecule has 2 aliphatic rings. The highest BCUT2D eigenvalue weighted by Crippen LogP contribution is 2.33. The van der Waals surface area contributed by atoms with Gasteiger partial charge in [0.05, 0.1) is 12.3 Å². The maximum Gasteiger partial charge on any atom is 0.167 e. The molecule has 82 valence electrons. The molecule has 0 bridgehead atoms. The molecule has 2 aliphatic heterocycles. The predicted octanol–water partition coefficient (Wildman–Crippen LogP) is -2.06. The average Bonchev–Trinajstić information content (AvgIpc) is 2.51. The summed E-state index contributed by atoms with van der Waals surface area (Å²) in [6.07, 6.45) is -1.09. The molecule has 0 atom stereocenters. The molecule has 0 aliphatic carbocycles. The summed E-state index contributed by atoms with van der Waals surface area (Å²) in [6, 6.07) is 0. The van der Waals surface area contributed by atoms with Crippen molar-refractivity contribution in [1.82, 2.24) is 19.6 Å². The second-order valence-corrected chi connectivity index (χ2v) is 4.18. The van der Waals surface area contributed by atoms with Crippen LogP contribution in [0.4, 0.5) is 0 Å². The third-order valence-electron chi connectivity index (χ3n) is 3.39. The number of hydrogen-bond acceptors (Lipinski definition) is 6. The number of aliphatic hydroxyl groups excluding tert-OH is 2. The Kier molecular flexibility index (Phi) is 2.30. The van der Waals surface area contributed by atoms with Gasteiger partial charge in [0.15, 0.2) is 12.7 Å². The van der Waals surface area contributed by atoms with Crippen molar-refractivity contribution in [2.45, 2.75) is 25.0 Å². The Morgan fingerprint density at radius 1 is 0.643 bits per heavy atom. The lowest BCUT2D eigenvalue weighted by molar-refractivity contribution is -0.128. The molecule has 2 heterocycles. The zero-order valence-electron chi connectivity index (χ0n) is 8.99. The van der Waals surface area contributed by atoms with Crippen LogP contribution < -0.4 is 0 Å². The van der Waals surface area contributed by atoms with Gasteiger partial charge in [-0.15, -0.1) is 0 Å². The number of nitrogens with zero attached hydrogens (tertiary/aromatic N) is 4. The van der Waals surface area contributed by atoms with Gasteiger partial charge in [-0.2, -0.15) is 0 Å². The first-order chi connectivity index (χ1) is 6.46. The van der Waals surface area contributed by atoms with Crippen molar-refractivity contribution >= 4 is 0 Å². The van der Waals surface area contributed by atoms with Crippen LogP contribution in [0.25, 0.3) is 0 Å². The zero-order chi connectivity index (χ0) is 10.6. The van der Waals surface area contributed by atoms with E-state index >= 15 is 0 Å². The zero-order valence-corrected chi connectivity index (χ0v) is 8.99. The first kappa shape index (κ1) is 10.3. The van der Waals surface area contributed by atoms with Gasteiger partial charge >= 0.3 is 0 Å². The summed E-state index contributed by atoms with van der Waals surface area (Å²) in [4.78, 5) is 7.38. The highest BCUT2D eigenvalue weighted by Gasteiger charge is 2.54. The molecule has 2 rings (SSSR count). The number of rotatable bonds is 0. The summed E-state index contributed by atoms with van der Waals surface area (Å²) in [5, 5.41) is 19.6. The Labute approximate surface area is 83.9 Å². The molecule has 0 spiro atoms. The monoisotopic (exact) mass is 202 g/mol. The van der Waals surface area contributed by atoms with Crippen LogP contribution in [0.15, 0.2) is 0 Å². The summed E-state index contributed by atoms with van der Waals surface area (Å²) in [6.45, 7) is 0. The third-order valence-corrected chi connectivity index (χ3v) is 3.39. The standard InChI is InChI=1S/C8H18N4O2/c1-9-5-6(11(3)7(9)13)12(4)8(14)10(5)2/h5-8,13-14H,1-4H3. The number of aliphatic hydroxyl groups is 2. The lowest BCUT2D eigenvalue weighted by Gasteiger charge is -2.30. The van der Waals surface area contributed by atoms with Crippen molar-refractivity contribution in [3.63, 3.8) is 0 Å². The largest absolute Gasteiger partial charge is 0.365 e. The van der Waals surface area contributed by atoms with Gasteiger partial charge in [0.1, 0.15) is 0 Å². The molecule has 0 aromatic rings. The van der Waals surface area contributed by atoms with E-state index in [4.69, 9.17) is 0 Å². The van der Waals surface area contributed by atoms with Crippen molar-refractivity contribution < 1.29 is 10.2 Å². The van der Waals surface area contributed by atoms with Gasteiger partial charge in [-0.3, -0.25) is 0 Å². The fourth-order valence-corrected chi connectivity index (χ4v) is 2.54. The molecule has 2 fully saturated rings. The van der Waals surface area contributed by atoms with Gasteiger partial charge in [0, 0.05) is 0 Å². The lowest BCUT2D eigenvalue weighted by atomic mass is 10.4. The SMILES string of the molecule is CN1C(O)N(C)C2C1N(C)C(O)N2C. The second-order valence-electron chi connectivity index (χ2n) is 4.18. The Morgan fingerprint density at radius 3 is 1.07 bits per heavy atom. The van der Waals surface area contributed by atoms with E-state index in [2.05, 4.69) is 0 Å². The van der Waals surface area contributed by atoms with Gasteiger partial charge in [0.25, 0.3) is 0 Å². The van der Waals surface area contributed by atoms with Crippen LogP contribution in [0.1, 0.15) is 0 Å². The molecule has 0 aromatic carbocycles. The molecule has 2 N–H and O–H groups in total. The van der Waals surface area contributed by atoms with Crippen LogP contribution >= 0.6 is 0 Å². The van der Waals surface area contributed by atoms with Crippen LogP contribution in [-0.2, 0) is 0 Å². The minimum atomic E-state index is -0.581. The second kappa shape index (κ2) is 3.13. The first-order valence-electron chi connectivity index (χ1n) is 4.70. The molecule has 2 saturated heterocycles. The van der Waals surface area contributed by atoms with Gasteiger partial charge < -0.3 is 10.2 Å². The maximum absolute atomic E-state index is 9.81. The molecular formula is C8H18N4O2. The minimum absolute atomic E-state index is 0.0370. The van der Waals surface area contributed by atoms with E-state index < -0.39 is 12.7 Å². The van der Waals surface area contributed by atoms with E-state index in [1.165, 1.54) is 0 Å². The van der Waals surface area contributed by atoms with E-state index in [0.29, 0.717) is 0 Å². The molecule has 0 radical (unpaired) electrons. The Balaban J connectivity index is 2.29. The van der Waals surface area contributed by atoms with Crippen LogP contribution in [0.2, 0.25) is 0 Å². The summed E-state index contributed by atoms with van der Waals surface area (Å²) >= 11 is 0. The number of hydrogen-bond donors (Lipinski definition) is 2. The number of likely N-dealkylation sites (N-methyl/N-ethyl adjacent to an activating group) is 4. The molecule has 6 heteroatoms. The molecule has 14 heavy (non-hydrogen) atoms. The van der Waals surface area contributed by atoms with Crippen molar-refractivity contribution in [3.8, 4) is 0 Å². The third kappa shape index (κ3) is 1.06. The Morgan fingerprint density at radius 2 is 0.857 bits per heavy atom. The van der Waals surface area contributed by atoms with Crippen molar-refractivity contribution in [1.29, 1.82) is 0 Å². The Bertz CT molecular complexity index is 195. The minimum Gasteiger partial charge on any atom is -0.365 e. The van der Waals surface area contributed by atoms with E-state index in [1.54, 1.807) is 0 Å². The molecule has 0 saturated carbocycles. The maximum atomic E-state index is 9.81. The van der Waals surface area contributed by atoms with E-state index in [-0.39, 0.29) is 12.3 Å². The van der Waals surface area contributed by atoms with Crippen LogP contribution in [0.5, 0.6) is 0 Å². The van der Waals surface area contributed by atoms with E-state index in [1.807, 2.05) is 47.8 Å². The van der Waals surface area contributed by atoms with Gasteiger partial charge in [0.2, 0.25) is 0 Å².